The van der Waals surface area contributed by atoms with Gasteiger partial charge in [0.1, 0.15) is 11.3 Å². The van der Waals surface area contributed by atoms with Crippen molar-refractivity contribution < 1.29 is 9.21 Å². The Balaban J connectivity index is 1.72. The van der Waals surface area contributed by atoms with Gasteiger partial charge in [0.15, 0.2) is 0 Å². The molecule has 0 aliphatic carbocycles. The van der Waals surface area contributed by atoms with E-state index in [4.69, 9.17) is 4.42 Å². The predicted molar refractivity (Wildman–Crippen MR) is 71.2 cm³/mol. The Bertz CT molecular complexity index is 486. The van der Waals surface area contributed by atoms with Crippen LogP contribution in [0.4, 0.5) is 0 Å². The third-order valence-corrected chi connectivity index (χ3v) is 2.68. The highest BCUT2D eigenvalue weighted by atomic mass is 16.3. The van der Waals surface area contributed by atoms with Gasteiger partial charge in [0.2, 0.25) is 5.91 Å². The first kappa shape index (κ1) is 12.6. The van der Waals surface area contributed by atoms with Crippen LogP contribution in [0.5, 0.6) is 0 Å². The lowest BCUT2D eigenvalue weighted by molar-refractivity contribution is -0.118. The van der Waals surface area contributed by atoms with Gasteiger partial charge in [-0.1, -0.05) is 18.2 Å². The summed E-state index contributed by atoms with van der Waals surface area (Å²) in [6.45, 7) is 3.82. The zero-order valence-electron chi connectivity index (χ0n) is 10.5. The van der Waals surface area contributed by atoms with Crippen LogP contribution in [-0.4, -0.2) is 19.0 Å². The van der Waals surface area contributed by atoms with Crippen molar-refractivity contribution in [2.24, 2.45) is 0 Å². The molecular formula is C14H18N2O2. The maximum atomic E-state index is 10.7. The average Bonchev–Trinajstić information content (AvgIpc) is 2.75. The Hall–Kier alpha value is -1.81. The third kappa shape index (κ3) is 3.60. The first-order chi connectivity index (χ1) is 8.75. The SMILES string of the molecule is CC(=O)NCCCNCc1cc2ccccc2o1. The summed E-state index contributed by atoms with van der Waals surface area (Å²) in [5, 5.41) is 7.19. The maximum Gasteiger partial charge on any atom is 0.216 e. The fourth-order valence-electron chi connectivity index (χ4n) is 1.81. The van der Waals surface area contributed by atoms with Crippen molar-refractivity contribution in [3.05, 3.63) is 36.1 Å². The quantitative estimate of drug-likeness (QED) is 0.767. The second kappa shape index (κ2) is 6.21. The summed E-state index contributed by atoms with van der Waals surface area (Å²) in [5.74, 6) is 0.961. The summed E-state index contributed by atoms with van der Waals surface area (Å²) >= 11 is 0. The molecule has 1 heterocycles. The zero-order valence-corrected chi connectivity index (χ0v) is 10.5. The van der Waals surface area contributed by atoms with Crippen LogP contribution in [0.25, 0.3) is 11.0 Å². The molecule has 4 heteroatoms. The smallest absolute Gasteiger partial charge is 0.216 e. The number of amides is 1. The largest absolute Gasteiger partial charge is 0.460 e. The van der Waals surface area contributed by atoms with Gasteiger partial charge < -0.3 is 15.1 Å². The Morgan fingerprint density at radius 2 is 2.11 bits per heavy atom. The van der Waals surface area contributed by atoms with E-state index in [1.807, 2.05) is 24.3 Å². The molecule has 2 aromatic rings. The van der Waals surface area contributed by atoms with Crippen LogP contribution in [-0.2, 0) is 11.3 Å². The summed E-state index contributed by atoms with van der Waals surface area (Å²) in [6.07, 6.45) is 0.916. The topological polar surface area (TPSA) is 54.3 Å². The van der Waals surface area contributed by atoms with Crippen LogP contribution < -0.4 is 10.6 Å². The Morgan fingerprint density at radius 3 is 2.89 bits per heavy atom. The number of nitrogens with one attached hydrogen (secondary N) is 2. The second-order valence-corrected chi connectivity index (χ2v) is 4.26. The lowest BCUT2D eigenvalue weighted by atomic mass is 10.2. The zero-order chi connectivity index (χ0) is 12.8. The minimum atomic E-state index is 0.0206. The summed E-state index contributed by atoms with van der Waals surface area (Å²) in [4.78, 5) is 10.7. The highest BCUT2D eigenvalue weighted by molar-refractivity contribution is 5.77. The highest BCUT2D eigenvalue weighted by Crippen LogP contribution is 2.18. The fourth-order valence-corrected chi connectivity index (χ4v) is 1.81. The van der Waals surface area contributed by atoms with Gasteiger partial charge in [-0.25, -0.2) is 0 Å². The number of carbonyl (C=O) groups excluding carboxylic acids is 1. The molecule has 0 unspecified atom stereocenters. The van der Waals surface area contributed by atoms with Gasteiger partial charge >= 0.3 is 0 Å². The van der Waals surface area contributed by atoms with E-state index < -0.39 is 0 Å². The maximum absolute atomic E-state index is 10.7. The predicted octanol–water partition coefficient (Wildman–Crippen LogP) is 2.05. The van der Waals surface area contributed by atoms with Gasteiger partial charge in [0, 0.05) is 18.9 Å². The van der Waals surface area contributed by atoms with E-state index >= 15 is 0 Å². The minimum Gasteiger partial charge on any atom is -0.460 e. The van der Waals surface area contributed by atoms with Crippen molar-refractivity contribution in [2.75, 3.05) is 13.1 Å². The number of furan rings is 1. The molecule has 0 atom stereocenters. The summed E-state index contributed by atoms with van der Waals surface area (Å²) in [7, 11) is 0. The van der Waals surface area contributed by atoms with Crippen molar-refractivity contribution >= 4 is 16.9 Å². The van der Waals surface area contributed by atoms with Crippen molar-refractivity contribution in [1.29, 1.82) is 0 Å². The van der Waals surface area contributed by atoms with Gasteiger partial charge in [-0.3, -0.25) is 4.79 Å². The first-order valence-electron chi connectivity index (χ1n) is 6.18. The molecule has 96 valence electrons. The number of carbonyl (C=O) groups is 1. The van der Waals surface area contributed by atoms with Crippen molar-refractivity contribution in [3.63, 3.8) is 0 Å². The molecule has 4 nitrogen and oxygen atoms in total. The van der Waals surface area contributed by atoms with E-state index in [9.17, 15) is 4.79 Å². The standard InChI is InChI=1S/C14H18N2O2/c1-11(17)16-8-4-7-15-10-13-9-12-5-2-3-6-14(12)18-13/h2-3,5-6,9,15H,4,7-8,10H2,1H3,(H,16,17). The van der Waals surface area contributed by atoms with E-state index in [0.717, 1.165) is 36.2 Å². The van der Waals surface area contributed by atoms with E-state index in [2.05, 4.69) is 16.7 Å². The molecule has 0 spiro atoms. The number of rotatable bonds is 6. The monoisotopic (exact) mass is 246 g/mol. The van der Waals surface area contributed by atoms with Crippen LogP contribution in [0.15, 0.2) is 34.7 Å². The van der Waals surface area contributed by atoms with Crippen LogP contribution in [0.1, 0.15) is 19.1 Å². The molecule has 2 rings (SSSR count). The number of benzene rings is 1. The van der Waals surface area contributed by atoms with E-state index in [0.29, 0.717) is 6.54 Å². The molecule has 0 fully saturated rings. The van der Waals surface area contributed by atoms with Crippen LogP contribution in [0.3, 0.4) is 0 Å². The van der Waals surface area contributed by atoms with Crippen molar-refractivity contribution in [2.45, 2.75) is 19.9 Å². The van der Waals surface area contributed by atoms with Crippen molar-refractivity contribution in [1.82, 2.24) is 10.6 Å². The summed E-state index contributed by atoms with van der Waals surface area (Å²) in [5.41, 5.74) is 0.924. The molecule has 2 N–H and O–H groups in total. The molecule has 1 amide bonds. The molecule has 0 aliphatic heterocycles. The highest BCUT2D eigenvalue weighted by Gasteiger charge is 2.01. The fraction of sp³-hybridized carbons (Fsp3) is 0.357. The average molecular weight is 246 g/mol. The number of fused-ring (bicyclic) bond motifs is 1. The normalized spacial score (nSPS) is 10.7. The lowest BCUT2D eigenvalue weighted by Gasteiger charge is -2.03. The minimum absolute atomic E-state index is 0.0206. The van der Waals surface area contributed by atoms with Gasteiger partial charge in [0.25, 0.3) is 0 Å². The Kier molecular flexibility index (Phi) is 4.36. The lowest BCUT2D eigenvalue weighted by Crippen LogP contribution is -2.24. The summed E-state index contributed by atoms with van der Waals surface area (Å²) in [6, 6.07) is 10.0. The molecule has 0 saturated heterocycles. The summed E-state index contributed by atoms with van der Waals surface area (Å²) < 4.78 is 5.68. The van der Waals surface area contributed by atoms with Gasteiger partial charge in [-0.2, -0.15) is 0 Å². The first-order valence-corrected chi connectivity index (χ1v) is 6.18. The van der Waals surface area contributed by atoms with E-state index in [1.165, 1.54) is 6.92 Å². The molecule has 1 aromatic heterocycles. The molecule has 18 heavy (non-hydrogen) atoms. The van der Waals surface area contributed by atoms with Gasteiger partial charge in [-0.15, -0.1) is 0 Å². The molecular weight excluding hydrogens is 228 g/mol. The molecule has 0 bridgehead atoms. The van der Waals surface area contributed by atoms with Crippen molar-refractivity contribution in [3.8, 4) is 0 Å². The third-order valence-electron chi connectivity index (χ3n) is 2.68. The Labute approximate surface area is 106 Å². The molecule has 1 aromatic carbocycles. The van der Waals surface area contributed by atoms with Crippen LogP contribution >= 0.6 is 0 Å². The van der Waals surface area contributed by atoms with Gasteiger partial charge in [0.05, 0.1) is 6.54 Å². The number of hydrogen-bond acceptors (Lipinski definition) is 3. The second-order valence-electron chi connectivity index (χ2n) is 4.26. The molecule has 0 radical (unpaired) electrons. The number of hydrogen-bond donors (Lipinski definition) is 2. The van der Waals surface area contributed by atoms with Crippen LogP contribution in [0, 0.1) is 0 Å². The number of para-hydroxylation sites is 1. The van der Waals surface area contributed by atoms with Gasteiger partial charge in [-0.05, 0) is 25.1 Å². The molecule has 0 aliphatic rings. The van der Waals surface area contributed by atoms with E-state index in [1.54, 1.807) is 0 Å². The van der Waals surface area contributed by atoms with Crippen LogP contribution in [0.2, 0.25) is 0 Å². The van der Waals surface area contributed by atoms with E-state index in [-0.39, 0.29) is 5.91 Å². The Morgan fingerprint density at radius 1 is 1.28 bits per heavy atom. The molecule has 0 saturated carbocycles.